The van der Waals surface area contributed by atoms with Crippen LogP contribution in [0, 0.1) is 5.92 Å². The van der Waals surface area contributed by atoms with Crippen molar-refractivity contribution in [2.24, 2.45) is 11.7 Å². The van der Waals surface area contributed by atoms with Crippen molar-refractivity contribution in [3.8, 4) is 5.75 Å². The van der Waals surface area contributed by atoms with Gasteiger partial charge in [0.2, 0.25) is 0 Å². The van der Waals surface area contributed by atoms with E-state index in [1.807, 2.05) is 25.1 Å². The van der Waals surface area contributed by atoms with E-state index in [0.717, 1.165) is 22.2 Å². The molecule has 2 N–H and O–H groups in total. The Hall–Kier alpha value is -0.540. The lowest BCUT2D eigenvalue weighted by Crippen LogP contribution is -2.14. The number of nitrogens with two attached hydrogens (primary N) is 1. The van der Waals surface area contributed by atoms with Crippen LogP contribution in [-0.4, -0.2) is 6.10 Å². The summed E-state index contributed by atoms with van der Waals surface area (Å²) in [6.07, 6.45) is 1.30. The highest BCUT2D eigenvalue weighted by Crippen LogP contribution is 2.27. The van der Waals surface area contributed by atoms with Crippen molar-refractivity contribution in [1.29, 1.82) is 0 Å². The van der Waals surface area contributed by atoms with Gasteiger partial charge in [-0.25, -0.2) is 0 Å². The lowest BCUT2D eigenvalue weighted by atomic mass is 10.1. The molecule has 0 aliphatic carbocycles. The van der Waals surface area contributed by atoms with E-state index in [0.29, 0.717) is 5.92 Å². The molecule has 0 spiro atoms. The molecule has 1 aromatic rings. The summed E-state index contributed by atoms with van der Waals surface area (Å²) in [5.41, 5.74) is 6.97. The summed E-state index contributed by atoms with van der Waals surface area (Å²) in [5.74, 6) is 1.55. The molecule has 1 aromatic carbocycles. The topological polar surface area (TPSA) is 35.2 Å². The molecule has 0 aromatic heterocycles. The Morgan fingerprint density at radius 3 is 2.35 bits per heavy atom. The smallest absolute Gasteiger partial charge is 0.120 e. The van der Waals surface area contributed by atoms with Crippen molar-refractivity contribution in [2.75, 3.05) is 0 Å². The number of halogens is 1. The van der Waals surface area contributed by atoms with Gasteiger partial charge in [0.25, 0.3) is 0 Å². The molecule has 17 heavy (non-hydrogen) atoms. The number of ether oxygens (including phenoxy) is 1. The van der Waals surface area contributed by atoms with Gasteiger partial charge in [-0.1, -0.05) is 35.8 Å². The minimum atomic E-state index is 0.0338. The predicted octanol–water partition coefficient (Wildman–Crippen LogP) is 4.28. The molecule has 0 aliphatic rings. The van der Waals surface area contributed by atoms with Crippen LogP contribution in [0.3, 0.4) is 0 Å². The van der Waals surface area contributed by atoms with Crippen LogP contribution in [-0.2, 0) is 0 Å². The van der Waals surface area contributed by atoms with E-state index in [9.17, 15) is 0 Å². The molecule has 1 unspecified atom stereocenters. The number of hydrogen-bond acceptors (Lipinski definition) is 2. The van der Waals surface area contributed by atoms with Crippen molar-refractivity contribution < 1.29 is 4.74 Å². The third kappa shape index (κ3) is 4.68. The third-order valence-electron chi connectivity index (χ3n) is 2.60. The lowest BCUT2D eigenvalue weighted by molar-refractivity contribution is 0.193. The lowest BCUT2D eigenvalue weighted by Gasteiger charge is -2.18. The molecular formula is C14H22BrNO. The Kier molecular flexibility index (Phi) is 5.47. The maximum Gasteiger partial charge on any atom is 0.120 e. The molecule has 2 nitrogen and oxygen atoms in total. The zero-order valence-electron chi connectivity index (χ0n) is 11.0. The summed E-state index contributed by atoms with van der Waals surface area (Å²) in [6.45, 7) is 8.49. The SMILES string of the molecule is CC(C)CC(C)Oc1ccc([C@H](C)N)c(Br)c1. The van der Waals surface area contributed by atoms with Crippen LogP contribution in [0.2, 0.25) is 0 Å². The van der Waals surface area contributed by atoms with E-state index in [-0.39, 0.29) is 12.1 Å². The molecule has 0 amide bonds. The number of hydrogen-bond donors (Lipinski definition) is 1. The van der Waals surface area contributed by atoms with Gasteiger partial charge in [0.05, 0.1) is 6.10 Å². The summed E-state index contributed by atoms with van der Waals surface area (Å²) in [4.78, 5) is 0. The fourth-order valence-electron chi connectivity index (χ4n) is 1.89. The molecule has 0 aliphatic heterocycles. The van der Waals surface area contributed by atoms with E-state index in [1.54, 1.807) is 0 Å². The quantitative estimate of drug-likeness (QED) is 0.880. The van der Waals surface area contributed by atoms with Crippen molar-refractivity contribution in [3.63, 3.8) is 0 Å². The molecule has 0 saturated carbocycles. The van der Waals surface area contributed by atoms with Gasteiger partial charge in [0.15, 0.2) is 0 Å². The summed E-state index contributed by atoms with van der Waals surface area (Å²) in [7, 11) is 0. The summed E-state index contributed by atoms with van der Waals surface area (Å²) < 4.78 is 6.89. The maximum atomic E-state index is 5.87. The first-order chi connectivity index (χ1) is 7.90. The first kappa shape index (κ1) is 14.5. The van der Waals surface area contributed by atoms with Crippen LogP contribution in [0.5, 0.6) is 5.75 Å². The maximum absolute atomic E-state index is 5.87. The number of rotatable bonds is 5. The van der Waals surface area contributed by atoms with Crippen molar-refractivity contribution in [1.82, 2.24) is 0 Å². The zero-order valence-corrected chi connectivity index (χ0v) is 12.6. The Balaban J connectivity index is 2.70. The highest BCUT2D eigenvalue weighted by molar-refractivity contribution is 9.10. The van der Waals surface area contributed by atoms with Crippen molar-refractivity contribution >= 4 is 15.9 Å². The second-order valence-electron chi connectivity index (χ2n) is 5.03. The highest BCUT2D eigenvalue weighted by atomic mass is 79.9. The van der Waals surface area contributed by atoms with E-state index < -0.39 is 0 Å². The Morgan fingerprint density at radius 1 is 1.24 bits per heavy atom. The average molecular weight is 300 g/mol. The van der Waals surface area contributed by atoms with Gasteiger partial charge in [-0.3, -0.25) is 0 Å². The zero-order chi connectivity index (χ0) is 13.0. The van der Waals surface area contributed by atoms with Gasteiger partial charge < -0.3 is 10.5 Å². The number of benzene rings is 1. The Bertz CT molecular complexity index is 363. The fraction of sp³-hybridized carbons (Fsp3) is 0.571. The van der Waals surface area contributed by atoms with Crippen molar-refractivity contribution in [3.05, 3.63) is 28.2 Å². The first-order valence-corrected chi connectivity index (χ1v) is 6.91. The van der Waals surface area contributed by atoms with E-state index in [1.165, 1.54) is 0 Å². The van der Waals surface area contributed by atoms with Crippen LogP contribution >= 0.6 is 15.9 Å². The van der Waals surface area contributed by atoms with Gasteiger partial charge >= 0.3 is 0 Å². The van der Waals surface area contributed by atoms with Crippen LogP contribution in [0.4, 0.5) is 0 Å². The predicted molar refractivity (Wildman–Crippen MR) is 76.3 cm³/mol. The molecule has 0 radical (unpaired) electrons. The van der Waals surface area contributed by atoms with Gasteiger partial charge in [-0.2, -0.15) is 0 Å². The second kappa shape index (κ2) is 6.41. The standard InChI is InChI=1S/C14H22BrNO/c1-9(2)7-10(3)17-12-5-6-13(11(4)16)14(15)8-12/h5-6,8-11H,7,16H2,1-4H3/t10?,11-/m0/s1. The first-order valence-electron chi connectivity index (χ1n) is 6.11. The summed E-state index contributed by atoms with van der Waals surface area (Å²) >= 11 is 3.53. The molecular weight excluding hydrogens is 278 g/mol. The van der Waals surface area contributed by atoms with E-state index in [4.69, 9.17) is 10.5 Å². The summed E-state index contributed by atoms with van der Waals surface area (Å²) in [6, 6.07) is 6.04. The molecule has 2 atom stereocenters. The third-order valence-corrected chi connectivity index (χ3v) is 3.29. The molecule has 1 rings (SSSR count). The molecule has 0 saturated heterocycles. The minimum Gasteiger partial charge on any atom is -0.491 e. The van der Waals surface area contributed by atoms with Gasteiger partial charge in [0.1, 0.15) is 5.75 Å². The van der Waals surface area contributed by atoms with Crippen molar-refractivity contribution in [2.45, 2.75) is 46.3 Å². The van der Waals surface area contributed by atoms with E-state index >= 15 is 0 Å². The van der Waals surface area contributed by atoms with Gasteiger partial charge in [-0.15, -0.1) is 0 Å². The molecule has 0 heterocycles. The van der Waals surface area contributed by atoms with Crippen LogP contribution in [0.25, 0.3) is 0 Å². The summed E-state index contributed by atoms with van der Waals surface area (Å²) in [5, 5.41) is 0. The Labute approximate surface area is 113 Å². The minimum absolute atomic E-state index is 0.0338. The Morgan fingerprint density at radius 2 is 1.88 bits per heavy atom. The van der Waals surface area contributed by atoms with Crippen LogP contribution in [0.15, 0.2) is 22.7 Å². The van der Waals surface area contributed by atoms with Gasteiger partial charge in [0, 0.05) is 10.5 Å². The molecule has 3 heteroatoms. The second-order valence-corrected chi connectivity index (χ2v) is 5.88. The molecule has 96 valence electrons. The van der Waals surface area contributed by atoms with Gasteiger partial charge in [-0.05, 0) is 43.9 Å². The average Bonchev–Trinajstić information content (AvgIpc) is 2.15. The largest absolute Gasteiger partial charge is 0.491 e. The van der Waals surface area contributed by atoms with E-state index in [2.05, 4.69) is 36.7 Å². The van der Waals surface area contributed by atoms with Crippen LogP contribution in [0.1, 0.15) is 45.7 Å². The fourth-order valence-corrected chi connectivity index (χ4v) is 2.61. The molecule has 0 bridgehead atoms. The highest BCUT2D eigenvalue weighted by Gasteiger charge is 2.09. The monoisotopic (exact) mass is 299 g/mol. The molecule has 0 fully saturated rings. The van der Waals surface area contributed by atoms with Crippen LogP contribution < -0.4 is 10.5 Å². The normalized spacial score (nSPS) is 14.8.